The molecule has 2 rings (SSSR count). The molecule has 0 spiro atoms. The number of hydrogen-bond donors (Lipinski definition) is 1. The molecule has 0 radical (unpaired) electrons. The average molecular weight is 289 g/mol. The first-order chi connectivity index (χ1) is 8.50. The Morgan fingerprint density at radius 3 is 2.22 bits per heavy atom. The lowest BCUT2D eigenvalue weighted by Crippen LogP contribution is -2.04. The van der Waals surface area contributed by atoms with Crippen molar-refractivity contribution >= 4 is 23.2 Å². The van der Waals surface area contributed by atoms with E-state index in [1.54, 1.807) is 24.3 Å². The Morgan fingerprint density at radius 1 is 0.889 bits per heavy atom. The fourth-order valence-electron chi connectivity index (χ4n) is 1.61. The monoisotopic (exact) mass is 288 g/mol. The number of halogens is 4. The van der Waals surface area contributed by atoms with E-state index in [-0.39, 0.29) is 15.6 Å². The van der Waals surface area contributed by atoms with Crippen molar-refractivity contribution in [2.75, 3.05) is 0 Å². The molecule has 0 amide bonds. The minimum atomic E-state index is -1.34. The normalized spacial score (nSPS) is 12.5. The zero-order valence-electron chi connectivity index (χ0n) is 9.00. The van der Waals surface area contributed by atoms with E-state index in [0.717, 1.165) is 12.1 Å². The van der Waals surface area contributed by atoms with Gasteiger partial charge in [-0.1, -0.05) is 41.4 Å². The van der Waals surface area contributed by atoms with Gasteiger partial charge in [-0.15, -0.1) is 0 Å². The molecular formula is C13H8Cl2F2O. The third kappa shape index (κ3) is 2.48. The van der Waals surface area contributed by atoms with Crippen LogP contribution < -0.4 is 0 Å². The van der Waals surface area contributed by atoms with E-state index in [4.69, 9.17) is 23.2 Å². The molecule has 94 valence electrons. The lowest BCUT2D eigenvalue weighted by Gasteiger charge is -2.14. The third-order valence-corrected chi connectivity index (χ3v) is 3.17. The first-order valence-electron chi connectivity index (χ1n) is 5.07. The zero-order chi connectivity index (χ0) is 13.3. The lowest BCUT2D eigenvalue weighted by atomic mass is 10.0. The second-order valence-electron chi connectivity index (χ2n) is 3.71. The van der Waals surface area contributed by atoms with Crippen molar-refractivity contribution < 1.29 is 13.9 Å². The number of hydrogen-bond acceptors (Lipinski definition) is 1. The second-order valence-corrected chi connectivity index (χ2v) is 4.53. The molecule has 0 heterocycles. The van der Waals surface area contributed by atoms with E-state index in [2.05, 4.69) is 0 Å². The van der Waals surface area contributed by atoms with E-state index < -0.39 is 17.7 Å². The fourth-order valence-corrected chi connectivity index (χ4v) is 2.00. The van der Waals surface area contributed by atoms with Gasteiger partial charge in [-0.05, 0) is 18.2 Å². The molecule has 0 aromatic heterocycles. The Bertz CT molecular complexity index is 587. The van der Waals surface area contributed by atoms with Gasteiger partial charge in [0.2, 0.25) is 0 Å². The van der Waals surface area contributed by atoms with Crippen molar-refractivity contribution in [3.05, 3.63) is 69.2 Å². The minimum Gasteiger partial charge on any atom is -0.383 e. The van der Waals surface area contributed by atoms with Crippen LogP contribution in [0.3, 0.4) is 0 Å². The van der Waals surface area contributed by atoms with Crippen LogP contribution in [-0.2, 0) is 0 Å². The van der Waals surface area contributed by atoms with Gasteiger partial charge in [0.15, 0.2) is 0 Å². The Kier molecular flexibility index (Phi) is 3.85. The maximum atomic E-state index is 13.6. The molecule has 0 fully saturated rings. The van der Waals surface area contributed by atoms with Crippen molar-refractivity contribution in [3.63, 3.8) is 0 Å². The molecule has 2 aromatic carbocycles. The molecule has 1 unspecified atom stereocenters. The Morgan fingerprint density at radius 2 is 1.56 bits per heavy atom. The third-order valence-electron chi connectivity index (χ3n) is 2.53. The van der Waals surface area contributed by atoms with Gasteiger partial charge < -0.3 is 5.11 Å². The quantitative estimate of drug-likeness (QED) is 0.815. The van der Waals surface area contributed by atoms with Crippen molar-refractivity contribution in [1.82, 2.24) is 0 Å². The van der Waals surface area contributed by atoms with Crippen LogP contribution in [0.4, 0.5) is 8.78 Å². The Balaban J connectivity index is 2.50. The highest BCUT2D eigenvalue weighted by Crippen LogP contribution is 2.31. The Labute approximate surface area is 113 Å². The van der Waals surface area contributed by atoms with E-state index >= 15 is 0 Å². The molecule has 1 N–H and O–H groups in total. The summed E-state index contributed by atoms with van der Waals surface area (Å²) in [5, 5.41) is 9.98. The van der Waals surface area contributed by atoms with E-state index in [1.807, 2.05) is 0 Å². The van der Waals surface area contributed by atoms with Crippen LogP contribution in [0.15, 0.2) is 36.4 Å². The SMILES string of the molecule is OC(c1cc(F)c(Cl)cc1F)c1ccccc1Cl. The zero-order valence-corrected chi connectivity index (χ0v) is 10.5. The molecule has 18 heavy (non-hydrogen) atoms. The van der Waals surface area contributed by atoms with Crippen molar-refractivity contribution in [2.45, 2.75) is 6.10 Å². The largest absolute Gasteiger partial charge is 0.383 e. The van der Waals surface area contributed by atoms with E-state index in [9.17, 15) is 13.9 Å². The highest BCUT2D eigenvalue weighted by Gasteiger charge is 2.19. The maximum absolute atomic E-state index is 13.6. The molecule has 0 aliphatic heterocycles. The van der Waals surface area contributed by atoms with Gasteiger partial charge in [-0.2, -0.15) is 0 Å². The number of aliphatic hydroxyl groups excluding tert-OH is 1. The van der Waals surface area contributed by atoms with Gasteiger partial charge in [-0.3, -0.25) is 0 Å². The minimum absolute atomic E-state index is 0.204. The maximum Gasteiger partial charge on any atom is 0.142 e. The molecule has 2 aromatic rings. The molecule has 5 heteroatoms. The summed E-state index contributed by atoms with van der Waals surface area (Å²) in [6.45, 7) is 0. The van der Waals surface area contributed by atoms with Crippen LogP contribution in [0.5, 0.6) is 0 Å². The summed E-state index contributed by atoms with van der Waals surface area (Å²) >= 11 is 11.3. The van der Waals surface area contributed by atoms with E-state index in [1.165, 1.54) is 0 Å². The summed E-state index contributed by atoms with van der Waals surface area (Å²) in [7, 11) is 0. The molecule has 0 bridgehead atoms. The molecular weight excluding hydrogens is 281 g/mol. The second kappa shape index (κ2) is 5.22. The molecule has 0 aliphatic carbocycles. The summed E-state index contributed by atoms with van der Waals surface area (Å²) < 4.78 is 26.9. The molecule has 0 aliphatic rings. The van der Waals surface area contributed by atoms with Crippen molar-refractivity contribution in [3.8, 4) is 0 Å². The van der Waals surface area contributed by atoms with Crippen LogP contribution in [0.2, 0.25) is 10.0 Å². The Hall–Kier alpha value is -1.16. The van der Waals surface area contributed by atoms with Gasteiger partial charge in [-0.25, -0.2) is 8.78 Å². The van der Waals surface area contributed by atoms with Crippen LogP contribution in [0, 0.1) is 11.6 Å². The van der Waals surface area contributed by atoms with Crippen LogP contribution >= 0.6 is 23.2 Å². The number of rotatable bonds is 2. The highest BCUT2D eigenvalue weighted by atomic mass is 35.5. The first-order valence-corrected chi connectivity index (χ1v) is 5.83. The summed E-state index contributed by atoms with van der Waals surface area (Å²) in [5.41, 5.74) is 0.102. The topological polar surface area (TPSA) is 20.2 Å². The smallest absolute Gasteiger partial charge is 0.142 e. The van der Waals surface area contributed by atoms with Gasteiger partial charge in [0.05, 0.1) is 5.02 Å². The summed E-state index contributed by atoms with van der Waals surface area (Å²) in [5.74, 6) is -1.58. The van der Waals surface area contributed by atoms with Crippen molar-refractivity contribution in [2.24, 2.45) is 0 Å². The van der Waals surface area contributed by atoms with E-state index in [0.29, 0.717) is 5.56 Å². The number of aliphatic hydroxyl groups is 1. The molecule has 0 saturated carbocycles. The van der Waals surface area contributed by atoms with Crippen LogP contribution in [-0.4, -0.2) is 5.11 Å². The predicted molar refractivity (Wildman–Crippen MR) is 66.9 cm³/mol. The fraction of sp³-hybridized carbons (Fsp3) is 0.0769. The summed E-state index contributed by atoms with van der Waals surface area (Å²) in [6.07, 6.45) is -1.34. The lowest BCUT2D eigenvalue weighted by molar-refractivity contribution is 0.214. The van der Waals surface area contributed by atoms with Gasteiger partial charge in [0, 0.05) is 16.1 Å². The predicted octanol–water partition coefficient (Wildman–Crippen LogP) is 4.35. The van der Waals surface area contributed by atoms with Gasteiger partial charge in [0.1, 0.15) is 17.7 Å². The molecule has 1 atom stereocenters. The van der Waals surface area contributed by atoms with Gasteiger partial charge in [0.25, 0.3) is 0 Å². The van der Waals surface area contributed by atoms with Crippen molar-refractivity contribution in [1.29, 1.82) is 0 Å². The average Bonchev–Trinajstić information content (AvgIpc) is 2.33. The standard InChI is InChI=1S/C13H8Cl2F2O/c14-9-4-2-1-3-7(9)13(18)8-5-12(17)10(15)6-11(8)16/h1-6,13,18H. The number of benzene rings is 2. The molecule has 0 saturated heterocycles. The van der Waals surface area contributed by atoms with Crippen LogP contribution in [0.1, 0.15) is 17.2 Å². The highest BCUT2D eigenvalue weighted by molar-refractivity contribution is 6.31. The molecule has 1 nitrogen and oxygen atoms in total. The first kappa shape index (κ1) is 13.3. The van der Waals surface area contributed by atoms with Crippen LogP contribution in [0.25, 0.3) is 0 Å². The summed E-state index contributed by atoms with van der Waals surface area (Å²) in [6, 6.07) is 8.12. The van der Waals surface area contributed by atoms with Gasteiger partial charge >= 0.3 is 0 Å². The summed E-state index contributed by atoms with van der Waals surface area (Å²) in [4.78, 5) is 0.